The van der Waals surface area contributed by atoms with E-state index < -0.39 is 4.92 Å². The van der Waals surface area contributed by atoms with Gasteiger partial charge in [0.1, 0.15) is 0 Å². The predicted octanol–water partition coefficient (Wildman–Crippen LogP) is 5.30. The first-order valence-electron chi connectivity index (χ1n) is 9.02. The third-order valence-corrected chi connectivity index (χ3v) is 10.6. The number of hydrogen-bond donors (Lipinski definition) is 1. The number of carbonyl (C=O) groups excluding carboxylic acids is 1. The number of anilines is 1. The fourth-order valence-corrected chi connectivity index (χ4v) is 9.06. The summed E-state index contributed by atoms with van der Waals surface area (Å²) in [5.41, 5.74) is 0.473. The van der Waals surface area contributed by atoms with Crippen LogP contribution in [0.2, 0.25) is 0 Å². The highest BCUT2D eigenvalue weighted by atomic mass is 79.9. The maximum atomic E-state index is 12.9. The lowest BCUT2D eigenvalue weighted by molar-refractivity contribution is -0.384. The Morgan fingerprint density at radius 3 is 2.50 bits per heavy atom. The van der Waals surface area contributed by atoms with Crippen molar-refractivity contribution in [1.29, 1.82) is 0 Å². The fraction of sp³-hybridized carbons (Fsp3) is 0.611. The van der Waals surface area contributed by atoms with Crippen molar-refractivity contribution in [2.45, 2.75) is 36.2 Å². The number of nitrogens with zero attached hydrogens (tertiary/aromatic N) is 1. The maximum Gasteiger partial charge on any atom is 0.271 e. The smallest absolute Gasteiger partial charge is 0.271 e. The normalized spacial score (nSPS) is 29.5. The molecule has 1 aromatic rings. The molecule has 5 nitrogen and oxygen atoms in total. The molecule has 1 spiro atoms. The Morgan fingerprint density at radius 2 is 1.88 bits per heavy atom. The molecule has 3 aliphatic rings. The largest absolute Gasteiger partial charge is 0.325 e. The zero-order chi connectivity index (χ0) is 18.3. The number of hydrogen-bond acceptors (Lipinski definition) is 5. The third kappa shape index (κ3) is 3.29. The highest BCUT2D eigenvalue weighted by molar-refractivity contribution is 9.10. The Balaban J connectivity index is 1.50. The van der Waals surface area contributed by atoms with Crippen molar-refractivity contribution in [2.24, 2.45) is 17.8 Å². The van der Waals surface area contributed by atoms with Crippen LogP contribution < -0.4 is 5.32 Å². The van der Waals surface area contributed by atoms with Crippen LogP contribution in [0.15, 0.2) is 22.7 Å². The molecule has 1 amide bonds. The van der Waals surface area contributed by atoms with Crippen LogP contribution in [0.4, 0.5) is 11.4 Å². The van der Waals surface area contributed by atoms with Crippen molar-refractivity contribution in [3.8, 4) is 0 Å². The first kappa shape index (κ1) is 18.6. The van der Waals surface area contributed by atoms with Crippen molar-refractivity contribution in [3.63, 3.8) is 0 Å². The molecule has 1 aromatic carbocycles. The first-order chi connectivity index (χ1) is 12.5. The van der Waals surface area contributed by atoms with Crippen LogP contribution in [0, 0.1) is 27.9 Å². The molecule has 3 fully saturated rings. The minimum Gasteiger partial charge on any atom is -0.325 e. The molecule has 1 aliphatic heterocycles. The Hall–Kier alpha value is -0.730. The summed E-state index contributed by atoms with van der Waals surface area (Å²) in [6.45, 7) is 0. The van der Waals surface area contributed by atoms with Gasteiger partial charge in [0.2, 0.25) is 5.91 Å². The molecule has 0 aromatic heterocycles. The van der Waals surface area contributed by atoms with E-state index in [1.165, 1.54) is 42.9 Å². The Labute approximate surface area is 169 Å². The SMILES string of the molecule is O=C(Nc1cc([N+](=O)[O-])ccc1Br)C1CC2CCCC(C1)C21SCCS1. The summed E-state index contributed by atoms with van der Waals surface area (Å²) in [5, 5.41) is 13.9. The molecule has 2 unspecified atom stereocenters. The number of thioether (sulfide) groups is 2. The molecule has 1 N–H and O–H groups in total. The van der Waals surface area contributed by atoms with Crippen molar-refractivity contribution >= 4 is 56.7 Å². The molecule has 8 heteroatoms. The van der Waals surface area contributed by atoms with Gasteiger partial charge in [0.15, 0.2) is 0 Å². The van der Waals surface area contributed by atoms with Gasteiger partial charge in [0, 0.05) is 34.0 Å². The van der Waals surface area contributed by atoms with Crippen LogP contribution in [-0.4, -0.2) is 26.4 Å². The van der Waals surface area contributed by atoms with Crippen LogP contribution in [0.25, 0.3) is 0 Å². The van der Waals surface area contributed by atoms with E-state index in [0.717, 1.165) is 12.8 Å². The molecule has 26 heavy (non-hydrogen) atoms. The van der Waals surface area contributed by atoms with Gasteiger partial charge in [-0.3, -0.25) is 14.9 Å². The second-order valence-corrected chi connectivity index (χ2v) is 11.2. The average Bonchev–Trinajstić information content (AvgIpc) is 3.06. The third-order valence-electron chi connectivity index (χ3n) is 5.91. The van der Waals surface area contributed by atoms with Crippen LogP contribution in [-0.2, 0) is 4.79 Å². The standard InChI is InChI=1S/C18H21BrN2O3S2/c19-15-5-4-14(21(23)24)10-16(15)20-17(22)11-8-12-2-1-3-13(9-11)18(12)25-6-7-26-18/h4-5,10-13H,1-3,6-9H2,(H,20,22). The van der Waals surface area contributed by atoms with Crippen molar-refractivity contribution in [1.82, 2.24) is 0 Å². The lowest BCUT2D eigenvalue weighted by atomic mass is 9.67. The zero-order valence-corrected chi connectivity index (χ0v) is 17.5. The lowest BCUT2D eigenvalue weighted by Gasteiger charge is -2.52. The fourth-order valence-electron chi connectivity index (χ4n) is 4.78. The van der Waals surface area contributed by atoms with Gasteiger partial charge in [0.05, 0.1) is 14.7 Å². The zero-order valence-electron chi connectivity index (χ0n) is 14.3. The Kier molecular flexibility index (Phi) is 5.27. The topological polar surface area (TPSA) is 72.2 Å². The lowest BCUT2D eigenvalue weighted by Crippen LogP contribution is -2.48. The molecule has 2 bridgehead atoms. The quantitative estimate of drug-likeness (QED) is 0.493. The maximum absolute atomic E-state index is 12.9. The number of carbonyl (C=O) groups is 1. The molecule has 2 saturated carbocycles. The Morgan fingerprint density at radius 1 is 1.23 bits per heavy atom. The predicted molar refractivity (Wildman–Crippen MR) is 111 cm³/mol. The van der Waals surface area contributed by atoms with E-state index in [2.05, 4.69) is 44.8 Å². The number of non-ortho nitro benzene ring substituents is 1. The first-order valence-corrected chi connectivity index (χ1v) is 11.8. The van der Waals surface area contributed by atoms with Crippen LogP contribution in [0.5, 0.6) is 0 Å². The van der Waals surface area contributed by atoms with Gasteiger partial charge < -0.3 is 5.32 Å². The molecule has 2 aliphatic carbocycles. The number of nitro benzene ring substituents is 1. The number of rotatable bonds is 3. The van der Waals surface area contributed by atoms with E-state index in [1.807, 2.05) is 0 Å². The van der Waals surface area contributed by atoms with Crippen molar-refractivity contribution in [2.75, 3.05) is 16.8 Å². The summed E-state index contributed by atoms with van der Waals surface area (Å²) >= 11 is 7.65. The molecule has 4 rings (SSSR count). The van der Waals surface area contributed by atoms with Gasteiger partial charge >= 0.3 is 0 Å². The van der Waals surface area contributed by atoms with Gasteiger partial charge in [-0.25, -0.2) is 0 Å². The van der Waals surface area contributed by atoms with Gasteiger partial charge in [-0.05, 0) is 59.5 Å². The van der Waals surface area contributed by atoms with Gasteiger partial charge in [-0.15, -0.1) is 23.5 Å². The summed E-state index contributed by atoms with van der Waals surface area (Å²) in [4.78, 5) is 23.5. The van der Waals surface area contributed by atoms with Crippen molar-refractivity contribution in [3.05, 3.63) is 32.8 Å². The number of nitro groups is 1. The number of amides is 1. The molecular weight excluding hydrogens is 436 g/mol. The van der Waals surface area contributed by atoms with E-state index in [0.29, 0.717) is 26.1 Å². The highest BCUT2D eigenvalue weighted by Gasteiger charge is 2.55. The average molecular weight is 457 g/mol. The molecule has 1 heterocycles. The number of halogens is 1. The second-order valence-electron chi connectivity index (χ2n) is 7.32. The summed E-state index contributed by atoms with van der Waals surface area (Å²) in [6, 6.07) is 4.48. The van der Waals surface area contributed by atoms with Gasteiger partial charge in [0.25, 0.3) is 5.69 Å². The number of benzene rings is 1. The molecule has 140 valence electrons. The van der Waals surface area contributed by atoms with Crippen LogP contribution in [0.3, 0.4) is 0 Å². The molecule has 2 atom stereocenters. The molecule has 1 saturated heterocycles. The Bertz CT molecular complexity index is 723. The van der Waals surface area contributed by atoms with Gasteiger partial charge in [-0.2, -0.15) is 0 Å². The van der Waals surface area contributed by atoms with E-state index in [9.17, 15) is 14.9 Å². The second kappa shape index (κ2) is 7.36. The van der Waals surface area contributed by atoms with Crippen LogP contribution >= 0.6 is 39.5 Å². The van der Waals surface area contributed by atoms with E-state index in [1.54, 1.807) is 6.07 Å². The van der Waals surface area contributed by atoms with E-state index in [4.69, 9.17) is 0 Å². The summed E-state index contributed by atoms with van der Waals surface area (Å²) in [5.74, 6) is 3.69. The highest BCUT2D eigenvalue weighted by Crippen LogP contribution is 2.64. The number of nitrogens with one attached hydrogen (secondary N) is 1. The minimum absolute atomic E-state index is 0.00360. The van der Waals surface area contributed by atoms with Crippen molar-refractivity contribution < 1.29 is 9.72 Å². The molecular formula is C18H21BrN2O3S2. The summed E-state index contributed by atoms with van der Waals surface area (Å²) in [7, 11) is 0. The van der Waals surface area contributed by atoms with Crippen LogP contribution in [0.1, 0.15) is 32.1 Å². The summed E-state index contributed by atoms with van der Waals surface area (Å²) in [6.07, 6.45) is 5.61. The minimum atomic E-state index is -0.439. The van der Waals surface area contributed by atoms with Gasteiger partial charge in [-0.1, -0.05) is 6.42 Å². The van der Waals surface area contributed by atoms with E-state index >= 15 is 0 Å². The van der Waals surface area contributed by atoms with E-state index in [-0.39, 0.29) is 17.5 Å². The molecule has 0 radical (unpaired) electrons. The monoisotopic (exact) mass is 456 g/mol. The summed E-state index contributed by atoms with van der Waals surface area (Å²) < 4.78 is 1.02.